The van der Waals surface area contributed by atoms with Gasteiger partial charge in [-0.15, -0.1) is 0 Å². The lowest BCUT2D eigenvalue weighted by Gasteiger charge is -2.40. The lowest BCUT2D eigenvalue weighted by atomic mass is 9.78. The summed E-state index contributed by atoms with van der Waals surface area (Å²) in [7, 11) is 0. The summed E-state index contributed by atoms with van der Waals surface area (Å²) < 4.78 is 0. The second-order valence-electron chi connectivity index (χ2n) is 6.10. The molecule has 0 unspecified atom stereocenters. The highest BCUT2D eigenvalue weighted by Crippen LogP contribution is 2.36. The lowest BCUT2D eigenvalue weighted by molar-refractivity contribution is 0.305. The number of rotatable bonds is 3. The molecule has 102 valence electrons. The van der Waals surface area contributed by atoms with E-state index in [0.29, 0.717) is 4.99 Å². The Bertz CT molecular complexity index is 520. The van der Waals surface area contributed by atoms with Gasteiger partial charge < -0.3 is 11.1 Å². The summed E-state index contributed by atoms with van der Waals surface area (Å²) in [5, 5.41) is 3.58. The highest BCUT2D eigenvalue weighted by molar-refractivity contribution is 7.80. The molecule has 1 aromatic heterocycles. The first-order valence-corrected chi connectivity index (χ1v) is 7.59. The number of anilines is 1. The minimum Gasteiger partial charge on any atom is -0.389 e. The average Bonchev–Trinajstić information content (AvgIpc) is 2.36. The molecule has 1 saturated carbocycles. The standard InChI is InChI=1S/C15H21N3S/c1-15(7-4-8-15)18-14-11(13(16)19)9-10-5-2-3-6-12(10)17-14/h9H,2-8H2,1H3,(H2,16,19)(H,17,18). The van der Waals surface area contributed by atoms with Gasteiger partial charge in [-0.05, 0) is 63.5 Å². The smallest absolute Gasteiger partial charge is 0.136 e. The van der Waals surface area contributed by atoms with E-state index in [1.54, 1.807) is 0 Å². The summed E-state index contributed by atoms with van der Waals surface area (Å²) in [6.45, 7) is 2.25. The van der Waals surface area contributed by atoms with Gasteiger partial charge in [0.2, 0.25) is 0 Å². The number of thiocarbonyl (C=S) groups is 1. The van der Waals surface area contributed by atoms with Gasteiger partial charge in [0.1, 0.15) is 10.8 Å². The van der Waals surface area contributed by atoms with Crippen LogP contribution in [0.25, 0.3) is 0 Å². The molecule has 0 radical (unpaired) electrons. The topological polar surface area (TPSA) is 50.9 Å². The number of nitrogens with zero attached hydrogens (tertiary/aromatic N) is 1. The molecule has 0 saturated heterocycles. The molecule has 0 bridgehead atoms. The quantitative estimate of drug-likeness (QED) is 0.833. The molecule has 4 heteroatoms. The first kappa shape index (κ1) is 12.9. The zero-order valence-electron chi connectivity index (χ0n) is 11.5. The Morgan fingerprint density at radius 3 is 2.68 bits per heavy atom. The van der Waals surface area contributed by atoms with Crippen molar-refractivity contribution in [1.82, 2.24) is 4.98 Å². The molecule has 19 heavy (non-hydrogen) atoms. The summed E-state index contributed by atoms with van der Waals surface area (Å²) in [4.78, 5) is 5.27. The van der Waals surface area contributed by atoms with Crippen molar-refractivity contribution in [3.05, 3.63) is 22.9 Å². The zero-order valence-corrected chi connectivity index (χ0v) is 12.3. The van der Waals surface area contributed by atoms with Crippen molar-refractivity contribution >= 4 is 23.0 Å². The second-order valence-corrected chi connectivity index (χ2v) is 6.54. The number of fused-ring (bicyclic) bond motifs is 1. The fourth-order valence-electron chi connectivity index (χ4n) is 3.03. The summed E-state index contributed by atoms with van der Waals surface area (Å²) in [5.41, 5.74) is 9.54. The molecule has 0 spiro atoms. The molecule has 0 atom stereocenters. The Morgan fingerprint density at radius 2 is 2.05 bits per heavy atom. The van der Waals surface area contributed by atoms with Crippen LogP contribution in [0.2, 0.25) is 0 Å². The van der Waals surface area contributed by atoms with Crippen molar-refractivity contribution in [2.24, 2.45) is 5.73 Å². The highest BCUT2D eigenvalue weighted by Gasteiger charge is 2.33. The van der Waals surface area contributed by atoms with E-state index in [1.807, 2.05) is 0 Å². The van der Waals surface area contributed by atoms with E-state index in [9.17, 15) is 0 Å². The Kier molecular flexibility index (Phi) is 3.21. The van der Waals surface area contributed by atoms with Crippen molar-refractivity contribution in [2.45, 2.75) is 57.4 Å². The largest absolute Gasteiger partial charge is 0.389 e. The fourth-order valence-corrected chi connectivity index (χ4v) is 3.19. The number of aryl methyl sites for hydroxylation is 2. The SMILES string of the molecule is CC1(Nc2nc3c(cc2C(N)=S)CCCC3)CCC1. The maximum atomic E-state index is 5.88. The van der Waals surface area contributed by atoms with E-state index in [-0.39, 0.29) is 5.54 Å². The van der Waals surface area contributed by atoms with E-state index >= 15 is 0 Å². The molecule has 0 aliphatic heterocycles. The monoisotopic (exact) mass is 275 g/mol. The van der Waals surface area contributed by atoms with E-state index in [4.69, 9.17) is 22.9 Å². The van der Waals surface area contributed by atoms with Gasteiger partial charge in [-0.3, -0.25) is 0 Å². The van der Waals surface area contributed by atoms with Crippen molar-refractivity contribution < 1.29 is 0 Å². The highest BCUT2D eigenvalue weighted by atomic mass is 32.1. The maximum absolute atomic E-state index is 5.88. The summed E-state index contributed by atoms with van der Waals surface area (Å²) in [5.74, 6) is 0.898. The van der Waals surface area contributed by atoms with Gasteiger partial charge in [0, 0.05) is 11.2 Å². The van der Waals surface area contributed by atoms with Crippen LogP contribution in [0.5, 0.6) is 0 Å². The Morgan fingerprint density at radius 1 is 1.32 bits per heavy atom. The molecule has 1 heterocycles. The number of nitrogens with two attached hydrogens (primary N) is 1. The lowest BCUT2D eigenvalue weighted by Crippen LogP contribution is -2.42. The molecular weight excluding hydrogens is 254 g/mol. The minimum absolute atomic E-state index is 0.176. The predicted molar refractivity (Wildman–Crippen MR) is 82.6 cm³/mol. The molecular formula is C15H21N3S. The predicted octanol–water partition coefficient (Wildman–Crippen LogP) is 2.95. The van der Waals surface area contributed by atoms with Gasteiger partial charge in [-0.2, -0.15) is 0 Å². The third kappa shape index (κ3) is 2.46. The van der Waals surface area contributed by atoms with Crippen LogP contribution < -0.4 is 11.1 Å². The van der Waals surface area contributed by atoms with Gasteiger partial charge in [0.25, 0.3) is 0 Å². The Hall–Kier alpha value is -1.16. The molecule has 1 aromatic rings. The van der Waals surface area contributed by atoms with Gasteiger partial charge >= 0.3 is 0 Å². The molecule has 3 rings (SSSR count). The third-order valence-electron chi connectivity index (χ3n) is 4.44. The van der Waals surface area contributed by atoms with Crippen LogP contribution in [0.15, 0.2) is 6.07 Å². The maximum Gasteiger partial charge on any atom is 0.136 e. The van der Waals surface area contributed by atoms with Crippen LogP contribution in [-0.2, 0) is 12.8 Å². The van der Waals surface area contributed by atoms with Gasteiger partial charge in [-0.25, -0.2) is 4.98 Å². The number of hydrogen-bond donors (Lipinski definition) is 2. The number of hydrogen-bond acceptors (Lipinski definition) is 3. The first-order chi connectivity index (χ1) is 9.07. The van der Waals surface area contributed by atoms with Crippen LogP contribution in [-0.4, -0.2) is 15.5 Å². The van der Waals surface area contributed by atoms with E-state index < -0.39 is 0 Å². The van der Waals surface area contributed by atoms with Crippen LogP contribution >= 0.6 is 12.2 Å². The van der Waals surface area contributed by atoms with E-state index in [1.165, 1.54) is 43.4 Å². The minimum atomic E-state index is 0.176. The molecule has 0 amide bonds. The number of nitrogens with one attached hydrogen (secondary N) is 1. The van der Waals surface area contributed by atoms with E-state index in [2.05, 4.69) is 18.3 Å². The van der Waals surface area contributed by atoms with Crippen molar-refractivity contribution in [1.29, 1.82) is 0 Å². The summed E-state index contributed by atoms with van der Waals surface area (Å²) in [6, 6.07) is 2.16. The number of pyridine rings is 1. The summed E-state index contributed by atoms with van der Waals surface area (Å²) in [6.07, 6.45) is 8.36. The van der Waals surface area contributed by atoms with Crippen LogP contribution in [0.4, 0.5) is 5.82 Å². The zero-order chi connectivity index (χ0) is 13.5. The van der Waals surface area contributed by atoms with Crippen LogP contribution in [0.1, 0.15) is 55.8 Å². The molecule has 3 N–H and O–H groups in total. The average molecular weight is 275 g/mol. The van der Waals surface area contributed by atoms with Crippen molar-refractivity contribution in [3.63, 3.8) is 0 Å². The van der Waals surface area contributed by atoms with Gasteiger partial charge in [0.15, 0.2) is 0 Å². The third-order valence-corrected chi connectivity index (χ3v) is 4.66. The van der Waals surface area contributed by atoms with Gasteiger partial charge in [-0.1, -0.05) is 12.2 Å². The number of aromatic nitrogens is 1. The van der Waals surface area contributed by atoms with E-state index in [0.717, 1.165) is 24.2 Å². The molecule has 2 aliphatic rings. The first-order valence-electron chi connectivity index (χ1n) is 7.18. The van der Waals surface area contributed by atoms with Crippen molar-refractivity contribution in [3.8, 4) is 0 Å². The molecule has 3 nitrogen and oxygen atoms in total. The molecule has 0 aromatic carbocycles. The van der Waals surface area contributed by atoms with Crippen molar-refractivity contribution in [2.75, 3.05) is 5.32 Å². The second kappa shape index (κ2) is 4.75. The Labute approximate surface area is 120 Å². The Balaban J connectivity index is 1.98. The van der Waals surface area contributed by atoms with Crippen LogP contribution in [0.3, 0.4) is 0 Å². The van der Waals surface area contributed by atoms with Crippen LogP contribution in [0, 0.1) is 0 Å². The normalized spacial score (nSPS) is 20.3. The fraction of sp³-hybridized carbons (Fsp3) is 0.600. The molecule has 1 fully saturated rings. The molecule has 2 aliphatic carbocycles. The summed E-state index contributed by atoms with van der Waals surface area (Å²) >= 11 is 5.20. The van der Waals surface area contributed by atoms with Gasteiger partial charge in [0.05, 0.1) is 5.56 Å².